The second kappa shape index (κ2) is 69.7. The van der Waals surface area contributed by atoms with Crippen molar-refractivity contribution in [2.75, 3.05) is 14.2 Å². The summed E-state index contributed by atoms with van der Waals surface area (Å²) in [6.07, 6.45) is 0. The van der Waals surface area contributed by atoms with Crippen LogP contribution in [0.25, 0.3) is 0 Å². The SMILES string of the molecule is CO.CO.[La]. The van der Waals surface area contributed by atoms with Crippen molar-refractivity contribution >= 4 is 0 Å². The van der Waals surface area contributed by atoms with Crippen LogP contribution in [0.15, 0.2) is 0 Å². The van der Waals surface area contributed by atoms with Crippen LogP contribution < -0.4 is 0 Å². The molecule has 0 aromatic rings. The van der Waals surface area contributed by atoms with Gasteiger partial charge >= 0.3 is 0 Å². The summed E-state index contributed by atoms with van der Waals surface area (Å²) in [5.74, 6) is 0. The van der Waals surface area contributed by atoms with Crippen LogP contribution in [0.2, 0.25) is 0 Å². The smallest absolute Gasteiger partial charge is 0.0319 e. The Kier molecular flexibility index (Phi) is 230. The second-order valence-electron chi connectivity index (χ2n) is 0. The second-order valence-corrected chi connectivity index (χ2v) is 0. The van der Waals surface area contributed by atoms with Gasteiger partial charge in [0.15, 0.2) is 0 Å². The molecule has 0 spiro atoms. The number of aliphatic hydroxyl groups is 2. The van der Waals surface area contributed by atoms with E-state index in [4.69, 9.17) is 10.2 Å². The van der Waals surface area contributed by atoms with Gasteiger partial charge in [-0.3, -0.25) is 0 Å². The van der Waals surface area contributed by atoms with Crippen LogP contribution in [0.4, 0.5) is 0 Å². The first kappa shape index (κ1) is 16.5. The first-order valence-corrected chi connectivity index (χ1v) is 0.894. The standard InChI is InChI=1S/2CH4O.La/c2*1-2;/h2*2H,1H3;. The Labute approximate surface area is 59.8 Å². The molecule has 0 saturated heterocycles. The van der Waals surface area contributed by atoms with Gasteiger partial charge in [0.2, 0.25) is 0 Å². The Bertz CT molecular complexity index is 7.61. The molecule has 0 aliphatic carbocycles. The Morgan fingerprint density at radius 3 is 0.800 bits per heavy atom. The molecule has 0 unspecified atom stereocenters. The van der Waals surface area contributed by atoms with Crippen LogP contribution in [0.1, 0.15) is 0 Å². The first-order chi connectivity index (χ1) is 2.00. The zero-order valence-corrected chi connectivity index (χ0v) is 7.10. The maximum absolute atomic E-state index is 7.00. The summed E-state index contributed by atoms with van der Waals surface area (Å²) in [6, 6.07) is 0. The molecule has 2 N–H and O–H groups in total. The summed E-state index contributed by atoms with van der Waals surface area (Å²) in [5.41, 5.74) is 0. The third kappa shape index (κ3) is 39.9. The minimum atomic E-state index is 0. The molecule has 0 rings (SSSR count). The van der Waals surface area contributed by atoms with Gasteiger partial charge in [0, 0.05) is 49.8 Å². The molecule has 31 valence electrons. The van der Waals surface area contributed by atoms with E-state index in [0.29, 0.717) is 0 Å². The van der Waals surface area contributed by atoms with Gasteiger partial charge in [0.25, 0.3) is 0 Å². The van der Waals surface area contributed by atoms with E-state index in [1.165, 1.54) is 0 Å². The molecule has 0 aromatic heterocycles. The molecule has 0 saturated carbocycles. The topological polar surface area (TPSA) is 40.5 Å². The van der Waals surface area contributed by atoms with Crippen molar-refractivity contribution in [1.82, 2.24) is 0 Å². The molecule has 0 heterocycles. The van der Waals surface area contributed by atoms with Crippen LogP contribution in [0, 0.1) is 35.6 Å². The Hall–Kier alpha value is 1.11. The Balaban J connectivity index is -0.0000000133. The Morgan fingerprint density at radius 1 is 0.800 bits per heavy atom. The van der Waals surface area contributed by atoms with Crippen molar-refractivity contribution in [3.05, 3.63) is 0 Å². The van der Waals surface area contributed by atoms with Crippen molar-refractivity contribution in [3.63, 3.8) is 0 Å². The fraction of sp³-hybridized carbons (Fsp3) is 1.00. The molecule has 0 aromatic carbocycles. The number of hydrogen-bond acceptors (Lipinski definition) is 2. The molecule has 3 heteroatoms. The molecular weight excluding hydrogens is 195 g/mol. The summed E-state index contributed by atoms with van der Waals surface area (Å²) in [7, 11) is 2.00. The summed E-state index contributed by atoms with van der Waals surface area (Å²) in [4.78, 5) is 0. The van der Waals surface area contributed by atoms with Gasteiger partial charge in [-0.2, -0.15) is 0 Å². The maximum Gasteiger partial charge on any atom is 0.0319 e. The van der Waals surface area contributed by atoms with Gasteiger partial charge in [-0.05, 0) is 0 Å². The third-order valence-electron chi connectivity index (χ3n) is 0. The largest absolute Gasteiger partial charge is 0.400 e. The first-order valence-electron chi connectivity index (χ1n) is 0.894. The summed E-state index contributed by atoms with van der Waals surface area (Å²) in [5, 5.41) is 14.0. The van der Waals surface area contributed by atoms with Crippen LogP contribution in [0.3, 0.4) is 0 Å². The van der Waals surface area contributed by atoms with E-state index in [1.54, 1.807) is 0 Å². The van der Waals surface area contributed by atoms with Gasteiger partial charge in [0.1, 0.15) is 0 Å². The molecular formula is C2H8LaO2. The van der Waals surface area contributed by atoms with Crippen LogP contribution in [-0.2, 0) is 0 Å². The average molecular weight is 203 g/mol. The molecule has 2 nitrogen and oxygen atoms in total. The molecule has 0 bridgehead atoms. The van der Waals surface area contributed by atoms with E-state index in [0.717, 1.165) is 14.2 Å². The van der Waals surface area contributed by atoms with E-state index < -0.39 is 0 Å². The summed E-state index contributed by atoms with van der Waals surface area (Å²) < 4.78 is 0. The van der Waals surface area contributed by atoms with Crippen molar-refractivity contribution < 1.29 is 45.8 Å². The van der Waals surface area contributed by atoms with Crippen LogP contribution >= 0.6 is 0 Å². The van der Waals surface area contributed by atoms with Crippen LogP contribution in [-0.4, -0.2) is 24.4 Å². The van der Waals surface area contributed by atoms with Gasteiger partial charge in [-0.15, -0.1) is 0 Å². The molecule has 0 amide bonds. The van der Waals surface area contributed by atoms with Gasteiger partial charge in [0.05, 0.1) is 0 Å². The van der Waals surface area contributed by atoms with E-state index >= 15 is 0 Å². The number of aliphatic hydroxyl groups excluding tert-OH is 2. The number of rotatable bonds is 0. The average Bonchev–Trinajstić information content (AvgIpc) is 1.50. The summed E-state index contributed by atoms with van der Waals surface area (Å²) >= 11 is 0. The van der Waals surface area contributed by atoms with E-state index in [1.807, 2.05) is 0 Å². The molecule has 1 radical (unpaired) electrons. The zero-order chi connectivity index (χ0) is 4.00. The fourth-order valence-electron chi connectivity index (χ4n) is 0. The maximum atomic E-state index is 7.00. The van der Waals surface area contributed by atoms with Crippen molar-refractivity contribution in [2.24, 2.45) is 0 Å². The number of hydrogen-bond donors (Lipinski definition) is 2. The zero-order valence-electron chi connectivity index (χ0n) is 3.47. The van der Waals surface area contributed by atoms with Crippen molar-refractivity contribution in [3.8, 4) is 0 Å². The minimum Gasteiger partial charge on any atom is -0.400 e. The molecule has 0 atom stereocenters. The summed E-state index contributed by atoms with van der Waals surface area (Å²) in [6.45, 7) is 0. The molecule has 5 heavy (non-hydrogen) atoms. The van der Waals surface area contributed by atoms with Gasteiger partial charge in [-0.1, -0.05) is 0 Å². The normalized spacial score (nSPS) is 2.40. The monoisotopic (exact) mass is 203 g/mol. The quantitative estimate of drug-likeness (QED) is 0.542. The molecule has 0 aliphatic heterocycles. The Morgan fingerprint density at radius 2 is 0.800 bits per heavy atom. The van der Waals surface area contributed by atoms with Gasteiger partial charge < -0.3 is 10.2 Å². The van der Waals surface area contributed by atoms with E-state index in [2.05, 4.69) is 0 Å². The third-order valence-corrected chi connectivity index (χ3v) is 0. The van der Waals surface area contributed by atoms with Crippen molar-refractivity contribution in [1.29, 1.82) is 0 Å². The molecule has 0 fully saturated rings. The fourth-order valence-corrected chi connectivity index (χ4v) is 0. The van der Waals surface area contributed by atoms with Crippen molar-refractivity contribution in [2.45, 2.75) is 0 Å². The predicted molar refractivity (Wildman–Crippen MR) is 16.3 cm³/mol. The van der Waals surface area contributed by atoms with Gasteiger partial charge in [-0.25, -0.2) is 0 Å². The minimum absolute atomic E-state index is 0. The molecule has 0 aliphatic rings. The van der Waals surface area contributed by atoms with E-state index in [-0.39, 0.29) is 35.6 Å². The van der Waals surface area contributed by atoms with E-state index in [9.17, 15) is 0 Å². The predicted octanol–water partition coefficient (Wildman–Crippen LogP) is -0.783. The van der Waals surface area contributed by atoms with Crippen LogP contribution in [0.5, 0.6) is 0 Å².